The molecule has 0 saturated carbocycles. The van der Waals surface area contributed by atoms with Crippen LogP contribution in [0.25, 0.3) is 0 Å². The van der Waals surface area contributed by atoms with Crippen molar-refractivity contribution in [1.29, 1.82) is 0 Å². The van der Waals surface area contributed by atoms with Gasteiger partial charge in [-0.1, -0.05) is 13.0 Å². The average Bonchev–Trinajstić information content (AvgIpc) is 2.42. The number of nitrogens with zero attached hydrogens (tertiary/aromatic N) is 1. The van der Waals surface area contributed by atoms with Gasteiger partial charge in [-0.25, -0.2) is 4.39 Å². The number of aryl methyl sites for hydroxylation is 1. The van der Waals surface area contributed by atoms with Crippen molar-refractivity contribution in [1.82, 2.24) is 10.2 Å². The van der Waals surface area contributed by atoms with Crippen molar-refractivity contribution in [3.05, 3.63) is 35.1 Å². The highest BCUT2D eigenvalue weighted by Gasteiger charge is 2.27. The van der Waals surface area contributed by atoms with Crippen molar-refractivity contribution in [3.63, 3.8) is 0 Å². The molecule has 1 aliphatic heterocycles. The zero-order valence-electron chi connectivity index (χ0n) is 12.7. The number of likely N-dealkylation sites (N-methyl/N-ethyl adjacent to an activating group) is 2. The Balaban J connectivity index is 2.11. The van der Waals surface area contributed by atoms with Gasteiger partial charge in [0.2, 0.25) is 0 Å². The fraction of sp³-hybridized carbons (Fsp3) is 0.625. The van der Waals surface area contributed by atoms with Gasteiger partial charge in [-0.05, 0) is 50.2 Å². The zero-order chi connectivity index (χ0) is 14.5. The smallest absolute Gasteiger partial charge is 0.123 e. The third-order valence-corrected chi connectivity index (χ3v) is 5.17. The van der Waals surface area contributed by atoms with E-state index in [1.807, 2.05) is 24.8 Å². The molecule has 2 unspecified atom stereocenters. The normalized spacial score (nSPS) is 21.9. The van der Waals surface area contributed by atoms with Crippen LogP contribution in [0.4, 0.5) is 4.39 Å². The molecule has 0 spiro atoms. The number of rotatable bonds is 5. The van der Waals surface area contributed by atoms with E-state index in [2.05, 4.69) is 24.2 Å². The van der Waals surface area contributed by atoms with Crippen LogP contribution in [-0.4, -0.2) is 48.6 Å². The Morgan fingerprint density at radius 1 is 1.50 bits per heavy atom. The highest BCUT2D eigenvalue weighted by Crippen LogP contribution is 2.21. The van der Waals surface area contributed by atoms with Crippen LogP contribution in [-0.2, 0) is 6.42 Å². The van der Waals surface area contributed by atoms with Gasteiger partial charge in [0.15, 0.2) is 0 Å². The third kappa shape index (κ3) is 3.96. The third-order valence-electron chi connectivity index (χ3n) is 4.12. The Bertz CT molecular complexity index is 438. The lowest BCUT2D eigenvalue weighted by molar-refractivity contribution is 0.215. The molecule has 0 aliphatic carbocycles. The maximum Gasteiger partial charge on any atom is 0.123 e. The van der Waals surface area contributed by atoms with Gasteiger partial charge in [0, 0.05) is 30.1 Å². The maximum atomic E-state index is 13.2. The summed E-state index contributed by atoms with van der Waals surface area (Å²) in [6.45, 7) is 6.28. The van der Waals surface area contributed by atoms with Crippen molar-refractivity contribution in [2.24, 2.45) is 0 Å². The molecule has 2 atom stereocenters. The molecule has 0 bridgehead atoms. The quantitative estimate of drug-likeness (QED) is 0.899. The summed E-state index contributed by atoms with van der Waals surface area (Å²) in [6.07, 6.45) is 0.968. The van der Waals surface area contributed by atoms with Crippen LogP contribution in [0.1, 0.15) is 18.1 Å². The molecule has 2 rings (SSSR count). The van der Waals surface area contributed by atoms with E-state index in [4.69, 9.17) is 0 Å². The predicted octanol–water partition coefficient (Wildman–Crippen LogP) is 2.70. The SMILES string of the molecule is CCNC(Cc1ccc(F)cc1C)C1CSCCN1C. The number of hydrogen-bond acceptors (Lipinski definition) is 3. The van der Waals surface area contributed by atoms with Crippen molar-refractivity contribution in [3.8, 4) is 0 Å². The summed E-state index contributed by atoms with van der Waals surface area (Å²) in [5.41, 5.74) is 2.31. The highest BCUT2D eigenvalue weighted by atomic mass is 32.2. The van der Waals surface area contributed by atoms with Gasteiger partial charge in [-0.15, -0.1) is 0 Å². The monoisotopic (exact) mass is 296 g/mol. The molecule has 1 heterocycles. The van der Waals surface area contributed by atoms with Gasteiger partial charge in [-0.3, -0.25) is 0 Å². The van der Waals surface area contributed by atoms with E-state index >= 15 is 0 Å². The standard InChI is InChI=1S/C16H25FN2S/c1-4-18-15(16-11-20-8-7-19(16)3)10-13-5-6-14(17)9-12(13)2/h5-6,9,15-16,18H,4,7-8,10-11H2,1-3H3. The molecule has 0 amide bonds. The lowest BCUT2D eigenvalue weighted by atomic mass is 9.96. The van der Waals surface area contributed by atoms with Crippen LogP contribution in [0.2, 0.25) is 0 Å². The Morgan fingerprint density at radius 2 is 2.30 bits per heavy atom. The molecule has 0 radical (unpaired) electrons. The van der Waals surface area contributed by atoms with Crippen molar-refractivity contribution < 1.29 is 4.39 Å². The van der Waals surface area contributed by atoms with Crippen LogP contribution in [0.5, 0.6) is 0 Å². The molecule has 4 heteroatoms. The summed E-state index contributed by atoms with van der Waals surface area (Å²) in [5, 5.41) is 3.62. The maximum absolute atomic E-state index is 13.2. The fourth-order valence-corrected chi connectivity index (χ4v) is 4.17. The van der Waals surface area contributed by atoms with E-state index < -0.39 is 0 Å². The van der Waals surface area contributed by atoms with Gasteiger partial charge >= 0.3 is 0 Å². The second-order valence-electron chi connectivity index (χ2n) is 5.56. The van der Waals surface area contributed by atoms with Crippen LogP contribution >= 0.6 is 11.8 Å². The Labute approximate surface area is 126 Å². The summed E-state index contributed by atoms with van der Waals surface area (Å²) in [6, 6.07) is 6.13. The van der Waals surface area contributed by atoms with Crippen LogP contribution < -0.4 is 5.32 Å². The van der Waals surface area contributed by atoms with Crippen LogP contribution in [0.15, 0.2) is 18.2 Å². The van der Waals surface area contributed by atoms with Gasteiger partial charge in [0.05, 0.1) is 0 Å². The molecule has 0 aromatic heterocycles. The Kier molecular flexibility index (Phi) is 5.87. The van der Waals surface area contributed by atoms with Gasteiger partial charge in [-0.2, -0.15) is 11.8 Å². The van der Waals surface area contributed by atoms with Crippen LogP contribution in [0.3, 0.4) is 0 Å². The Hall–Kier alpha value is -0.580. The van der Waals surface area contributed by atoms with E-state index in [9.17, 15) is 4.39 Å². The van der Waals surface area contributed by atoms with Crippen molar-refractivity contribution >= 4 is 11.8 Å². The van der Waals surface area contributed by atoms with Crippen LogP contribution in [0, 0.1) is 12.7 Å². The molecule has 1 aliphatic rings. The second-order valence-corrected chi connectivity index (χ2v) is 6.71. The molecule has 2 nitrogen and oxygen atoms in total. The molecule has 1 fully saturated rings. The number of nitrogens with one attached hydrogen (secondary N) is 1. The molecular formula is C16H25FN2S. The van der Waals surface area contributed by atoms with E-state index in [-0.39, 0.29) is 5.82 Å². The Morgan fingerprint density at radius 3 is 2.95 bits per heavy atom. The lowest BCUT2D eigenvalue weighted by Crippen LogP contribution is -2.53. The minimum Gasteiger partial charge on any atom is -0.312 e. The summed E-state index contributed by atoms with van der Waals surface area (Å²) < 4.78 is 13.2. The highest BCUT2D eigenvalue weighted by molar-refractivity contribution is 7.99. The first kappa shape index (κ1) is 15.8. The molecule has 1 N–H and O–H groups in total. The molecule has 20 heavy (non-hydrogen) atoms. The van der Waals surface area contributed by atoms with Crippen molar-refractivity contribution in [2.75, 3.05) is 31.6 Å². The average molecular weight is 296 g/mol. The van der Waals surface area contributed by atoms with Gasteiger partial charge in [0.1, 0.15) is 5.82 Å². The number of hydrogen-bond donors (Lipinski definition) is 1. The van der Waals surface area contributed by atoms with E-state index in [1.54, 1.807) is 12.1 Å². The van der Waals surface area contributed by atoms with Gasteiger partial charge < -0.3 is 10.2 Å². The van der Waals surface area contributed by atoms with Crippen molar-refractivity contribution in [2.45, 2.75) is 32.4 Å². The molecule has 1 aromatic rings. The summed E-state index contributed by atoms with van der Waals surface area (Å²) in [7, 11) is 2.21. The predicted molar refractivity (Wildman–Crippen MR) is 86.0 cm³/mol. The minimum atomic E-state index is -0.142. The fourth-order valence-electron chi connectivity index (χ4n) is 2.86. The summed E-state index contributed by atoms with van der Waals surface area (Å²) in [5.74, 6) is 2.26. The van der Waals surface area contributed by atoms with E-state index in [0.717, 1.165) is 25.1 Å². The lowest BCUT2D eigenvalue weighted by Gasteiger charge is -2.38. The number of thioether (sulfide) groups is 1. The summed E-state index contributed by atoms with van der Waals surface area (Å²) in [4.78, 5) is 2.46. The zero-order valence-corrected chi connectivity index (χ0v) is 13.5. The molecule has 112 valence electrons. The second kappa shape index (κ2) is 7.43. The topological polar surface area (TPSA) is 15.3 Å². The van der Waals surface area contributed by atoms with E-state index in [1.165, 1.54) is 17.1 Å². The first-order valence-electron chi connectivity index (χ1n) is 7.38. The largest absolute Gasteiger partial charge is 0.312 e. The first-order chi connectivity index (χ1) is 9.61. The first-order valence-corrected chi connectivity index (χ1v) is 8.53. The van der Waals surface area contributed by atoms with Gasteiger partial charge in [0.25, 0.3) is 0 Å². The minimum absolute atomic E-state index is 0.142. The number of benzene rings is 1. The molecular weight excluding hydrogens is 271 g/mol. The van der Waals surface area contributed by atoms with E-state index in [0.29, 0.717) is 12.1 Å². The number of halogens is 1. The summed E-state index contributed by atoms with van der Waals surface area (Å²) >= 11 is 2.04. The molecule has 1 aromatic carbocycles. The molecule has 1 saturated heterocycles.